The molecule has 1 aromatic carbocycles. The molecule has 0 radical (unpaired) electrons. The van der Waals surface area contributed by atoms with Gasteiger partial charge in [0.25, 0.3) is 0 Å². The molecule has 0 spiro atoms. The number of imidazole rings is 1. The van der Waals surface area contributed by atoms with Crippen LogP contribution < -0.4 is 4.74 Å². The molecule has 39 heavy (non-hydrogen) atoms. The van der Waals surface area contributed by atoms with Gasteiger partial charge in [-0.05, 0) is 47.4 Å². The van der Waals surface area contributed by atoms with E-state index in [1.54, 1.807) is 25.6 Å². The van der Waals surface area contributed by atoms with Crippen molar-refractivity contribution in [1.29, 1.82) is 0 Å². The van der Waals surface area contributed by atoms with Crippen molar-refractivity contribution in [3.05, 3.63) is 71.4 Å². The Bertz CT molecular complexity index is 1760. The quantitative estimate of drug-likeness (QED) is 0.337. The number of nitrogens with one attached hydrogen (secondary N) is 2. The van der Waals surface area contributed by atoms with Gasteiger partial charge >= 0.3 is 0 Å². The standard InChI is InChI=1S/C26H21ClFN9O2/c1-39-22-8-18-15(10-30-22)16(9-29-18)19-11-31-26(33-19)21-4-2-14-6-13(7-23(38)37(14)21)24-20(36-12-32-34-35-36)5-3-17(27)25(24)28/h3,5,7-12,14,21,29H,2,4,6H2,1H3,(H,31,33)/t14-,21+/m1/s1. The van der Waals surface area contributed by atoms with Crippen molar-refractivity contribution in [2.75, 3.05) is 7.11 Å². The van der Waals surface area contributed by atoms with Gasteiger partial charge in [0, 0.05) is 47.1 Å². The van der Waals surface area contributed by atoms with Gasteiger partial charge in [-0.25, -0.2) is 14.4 Å². The smallest absolute Gasteiger partial charge is 0.247 e. The van der Waals surface area contributed by atoms with E-state index in [9.17, 15) is 4.79 Å². The van der Waals surface area contributed by atoms with Crippen LogP contribution in [0.3, 0.4) is 0 Å². The number of hydrogen-bond donors (Lipinski definition) is 2. The lowest BCUT2D eigenvalue weighted by molar-refractivity contribution is -0.129. The molecule has 11 nitrogen and oxygen atoms in total. The van der Waals surface area contributed by atoms with Crippen molar-refractivity contribution in [2.24, 2.45) is 0 Å². The highest BCUT2D eigenvalue weighted by atomic mass is 35.5. The van der Waals surface area contributed by atoms with Gasteiger partial charge in [-0.1, -0.05) is 11.6 Å². The van der Waals surface area contributed by atoms with Gasteiger partial charge in [0.2, 0.25) is 11.8 Å². The Balaban J connectivity index is 1.20. The number of rotatable bonds is 5. The average Bonchev–Trinajstić information content (AvgIpc) is 3.75. The number of tetrazole rings is 1. The van der Waals surface area contributed by atoms with E-state index in [4.69, 9.17) is 16.3 Å². The van der Waals surface area contributed by atoms with Crippen molar-refractivity contribution < 1.29 is 13.9 Å². The van der Waals surface area contributed by atoms with Crippen LogP contribution in [0.1, 0.15) is 36.7 Å². The number of ether oxygens (including phenoxy) is 1. The zero-order chi connectivity index (χ0) is 26.7. The minimum atomic E-state index is -0.603. The number of pyridine rings is 1. The molecule has 7 rings (SSSR count). The number of methoxy groups -OCH3 is 1. The molecule has 0 aliphatic carbocycles. The molecule has 6 heterocycles. The first kappa shape index (κ1) is 23.5. The molecule has 2 aliphatic heterocycles. The summed E-state index contributed by atoms with van der Waals surface area (Å²) in [6.45, 7) is 0. The summed E-state index contributed by atoms with van der Waals surface area (Å²) in [6.07, 6.45) is 10.2. The topological polar surface area (TPSA) is 130 Å². The molecular formula is C26H21ClFN9O2. The zero-order valence-corrected chi connectivity index (χ0v) is 21.4. The van der Waals surface area contributed by atoms with E-state index in [2.05, 4.69) is 35.5 Å². The fraction of sp³-hybridized carbons (Fsp3) is 0.231. The van der Waals surface area contributed by atoms with Crippen molar-refractivity contribution in [1.82, 2.24) is 45.0 Å². The second-order valence-corrected chi connectivity index (χ2v) is 9.94. The number of amides is 1. The summed E-state index contributed by atoms with van der Waals surface area (Å²) in [4.78, 5) is 30.9. The van der Waals surface area contributed by atoms with E-state index >= 15 is 4.39 Å². The number of H-pyrrole nitrogens is 2. The highest BCUT2D eigenvalue weighted by molar-refractivity contribution is 6.31. The maximum absolute atomic E-state index is 15.3. The van der Waals surface area contributed by atoms with Crippen LogP contribution in [0.25, 0.3) is 33.4 Å². The van der Waals surface area contributed by atoms with Gasteiger partial charge < -0.3 is 19.6 Å². The first-order chi connectivity index (χ1) is 19.0. The summed E-state index contributed by atoms with van der Waals surface area (Å²) >= 11 is 6.13. The van der Waals surface area contributed by atoms with Crippen molar-refractivity contribution in [3.8, 4) is 22.8 Å². The SMILES string of the molecule is COc1cc2[nH]cc(-c3cnc([C@@H]4CC[C@@H]5CC(c6c(-n7cnnn7)ccc(Cl)c6F)=CC(=O)N54)[nH]3)c2cn1. The third-order valence-corrected chi connectivity index (χ3v) is 7.74. The molecule has 5 aromatic rings. The molecule has 1 amide bonds. The summed E-state index contributed by atoms with van der Waals surface area (Å²) in [6, 6.07) is 4.60. The minimum absolute atomic E-state index is 0.0315. The zero-order valence-electron chi connectivity index (χ0n) is 20.6. The summed E-state index contributed by atoms with van der Waals surface area (Å²) in [5.41, 5.74) is 3.86. The Hall–Kier alpha value is -4.58. The number of hydrogen-bond acceptors (Lipinski definition) is 7. The van der Waals surface area contributed by atoms with Crippen LogP contribution in [0.4, 0.5) is 4.39 Å². The normalized spacial score (nSPS) is 19.0. The molecule has 196 valence electrons. The van der Waals surface area contributed by atoms with Gasteiger partial charge in [0.05, 0.1) is 41.3 Å². The van der Waals surface area contributed by atoms with Crippen molar-refractivity contribution in [3.63, 3.8) is 0 Å². The highest BCUT2D eigenvalue weighted by Gasteiger charge is 2.42. The first-order valence-corrected chi connectivity index (χ1v) is 12.7. The molecule has 0 saturated carbocycles. The Morgan fingerprint density at radius 2 is 2.10 bits per heavy atom. The number of carbonyl (C=O) groups is 1. The largest absolute Gasteiger partial charge is 0.481 e. The third-order valence-electron chi connectivity index (χ3n) is 7.45. The molecule has 2 aliphatic rings. The molecule has 4 aromatic heterocycles. The molecule has 0 unspecified atom stereocenters. The van der Waals surface area contributed by atoms with E-state index in [-0.39, 0.29) is 28.6 Å². The molecule has 1 saturated heterocycles. The highest BCUT2D eigenvalue weighted by Crippen LogP contribution is 2.44. The Labute approximate surface area is 225 Å². The van der Waals surface area contributed by atoms with Crippen LogP contribution in [-0.4, -0.2) is 64.1 Å². The lowest BCUT2D eigenvalue weighted by Gasteiger charge is -2.33. The molecule has 2 atom stereocenters. The van der Waals surface area contributed by atoms with E-state index in [0.717, 1.165) is 35.0 Å². The first-order valence-electron chi connectivity index (χ1n) is 12.3. The molecule has 1 fully saturated rings. The monoisotopic (exact) mass is 545 g/mol. The number of carbonyl (C=O) groups excluding carboxylic acids is 1. The van der Waals surface area contributed by atoms with Crippen molar-refractivity contribution >= 4 is 34.0 Å². The summed E-state index contributed by atoms with van der Waals surface area (Å²) in [7, 11) is 1.58. The van der Waals surface area contributed by atoms with Gasteiger partial charge in [0.15, 0.2) is 5.82 Å². The third kappa shape index (κ3) is 3.78. The Morgan fingerprint density at radius 1 is 1.21 bits per heavy atom. The lowest BCUT2D eigenvalue weighted by Crippen LogP contribution is -2.39. The molecule has 13 heteroatoms. The van der Waals surface area contributed by atoms with Crippen LogP contribution in [0, 0.1) is 5.82 Å². The fourth-order valence-corrected chi connectivity index (χ4v) is 5.84. The van der Waals surface area contributed by atoms with Crippen LogP contribution in [-0.2, 0) is 4.79 Å². The average molecular weight is 546 g/mol. The van der Waals surface area contributed by atoms with E-state index < -0.39 is 5.82 Å². The second-order valence-electron chi connectivity index (χ2n) is 9.53. The van der Waals surface area contributed by atoms with Crippen LogP contribution in [0.15, 0.2) is 49.2 Å². The fourth-order valence-electron chi connectivity index (χ4n) is 5.68. The van der Waals surface area contributed by atoms with Gasteiger partial charge in [-0.15, -0.1) is 5.10 Å². The number of fused-ring (bicyclic) bond motifs is 2. The predicted molar refractivity (Wildman–Crippen MR) is 140 cm³/mol. The molecule has 0 bridgehead atoms. The maximum atomic E-state index is 15.3. The van der Waals surface area contributed by atoms with E-state index in [1.165, 1.54) is 23.2 Å². The van der Waals surface area contributed by atoms with E-state index in [0.29, 0.717) is 29.4 Å². The number of benzene rings is 1. The Morgan fingerprint density at radius 3 is 2.92 bits per heavy atom. The van der Waals surface area contributed by atoms with E-state index in [1.807, 2.05) is 17.2 Å². The maximum Gasteiger partial charge on any atom is 0.247 e. The predicted octanol–water partition coefficient (Wildman–Crippen LogP) is 4.25. The number of aromatic nitrogens is 8. The van der Waals surface area contributed by atoms with Crippen LogP contribution in [0.2, 0.25) is 5.02 Å². The Kier molecular flexibility index (Phi) is 5.44. The molecule has 2 N–H and O–H groups in total. The summed E-state index contributed by atoms with van der Waals surface area (Å²) in [5, 5.41) is 12.1. The molecular weight excluding hydrogens is 525 g/mol. The number of nitrogens with zero attached hydrogens (tertiary/aromatic N) is 7. The van der Waals surface area contributed by atoms with Crippen LogP contribution in [0.5, 0.6) is 5.88 Å². The van der Waals surface area contributed by atoms with Gasteiger partial charge in [-0.3, -0.25) is 4.79 Å². The van der Waals surface area contributed by atoms with Gasteiger partial charge in [-0.2, -0.15) is 4.68 Å². The number of aromatic amines is 2. The second kappa shape index (κ2) is 9.02. The van der Waals surface area contributed by atoms with Gasteiger partial charge in [0.1, 0.15) is 12.2 Å². The summed E-state index contributed by atoms with van der Waals surface area (Å²) < 4.78 is 21.9. The number of halogens is 2. The minimum Gasteiger partial charge on any atom is -0.481 e. The van der Waals surface area contributed by atoms with Crippen molar-refractivity contribution in [2.45, 2.75) is 31.3 Å². The summed E-state index contributed by atoms with van der Waals surface area (Å²) in [5.74, 6) is 0.425. The lowest BCUT2D eigenvalue weighted by atomic mass is 9.92. The van der Waals surface area contributed by atoms with Crippen LogP contribution >= 0.6 is 11.6 Å².